The van der Waals surface area contributed by atoms with E-state index in [4.69, 9.17) is 0 Å². The lowest BCUT2D eigenvalue weighted by Crippen LogP contribution is -2.47. The van der Waals surface area contributed by atoms with Crippen molar-refractivity contribution in [3.05, 3.63) is 40.8 Å². The molecule has 3 rings (SSSR count). The molecule has 7 nitrogen and oxygen atoms in total. The first-order valence-electron chi connectivity index (χ1n) is 9.98. The Morgan fingerprint density at radius 1 is 1.17 bits per heavy atom. The largest absolute Gasteiger partial charge is 0.356 e. The van der Waals surface area contributed by atoms with Gasteiger partial charge in [0.25, 0.3) is 0 Å². The number of hydrogen-bond acceptors (Lipinski definition) is 6. The molecule has 0 saturated carbocycles. The average Bonchev–Trinajstić information content (AvgIpc) is 3.29. The summed E-state index contributed by atoms with van der Waals surface area (Å²) in [6.07, 6.45) is 4.72. The molecule has 0 bridgehead atoms. The van der Waals surface area contributed by atoms with E-state index in [-0.39, 0.29) is 24.0 Å². The van der Waals surface area contributed by atoms with Crippen molar-refractivity contribution in [3.63, 3.8) is 0 Å². The second-order valence-corrected chi connectivity index (χ2v) is 8.01. The van der Waals surface area contributed by atoms with Crippen LogP contribution in [0.4, 0.5) is 5.95 Å². The minimum absolute atomic E-state index is 0. The van der Waals surface area contributed by atoms with Gasteiger partial charge in [-0.25, -0.2) is 9.97 Å². The van der Waals surface area contributed by atoms with Crippen LogP contribution in [-0.2, 0) is 0 Å². The number of thiophene rings is 1. The monoisotopic (exact) mass is 529 g/mol. The summed E-state index contributed by atoms with van der Waals surface area (Å²) in [5.41, 5.74) is 0. The van der Waals surface area contributed by atoms with Crippen molar-refractivity contribution in [2.24, 2.45) is 4.99 Å². The van der Waals surface area contributed by atoms with Gasteiger partial charge in [-0.3, -0.25) is 9.89 Å². The number of aliphatic imine (C=N–C) groups is 1. The molecule has 1 aliphatic heterocycles. The van der Waals surface area contributed by atoms with Crippen LogP contribution in [-0.4, -0.2) is 73.7 Å². The first-order chi connectivity index (χ1) is 13.8. The summed E-state index contributed by atoms with van der Waals surface area (Å²) in [5, 5.41) is 8.99. The van der Waals surface area contributed by atoms with E-state index >= 15 is 0 Å². The Morgan fingerprint density at radius 2 is 1.93 bits per heavy atom. The third kappa shape index (κ3) is 7.71. The van der Waals surface area contributed by atoms with Crippen LogP contribution in [0.5, 0.6) is 0 Å². The zero-order valence-electron chi connectivity index (χ0n) is 17.3. The average molecular weight is 529 g/mol. The van der Waals surface area contributed by atoms with Gasteiger partial charge in [-0.05, 0) is 30.5 Å². The highest BCUT2D eigenvalue weighted by Crippen LogP contribution is 2.19. The minimum Gasteiger partial charge on any atom is -0.356 e. The van der Waals surface area contributed by atoms with Gasteiger partial charge in [-0.15, -0.1) is 35.3 Å². The van der Waals surface area contributed by atoms with E-state index in [0.717, 1.165) is 64.1 Å². The summed E-state index contributed by atoms with van der Waals surface area (Å²) in [7, 11) is 1.83. The molecular weight excluding hydrogens is 497 g/mol. The van der Waals surface area contributed by atoms with Crippen molar-refractivity contribution in [2.75, 3.05) is 57.8 Å². The van der Waals surface area contributed by atoms with Gasteiger partial charge in [0.1, 0.15) is 0 Å². The number of nitrogens with one attached hydrogen (secondary N) is 2. The number of anilines is 1. The minimum atomic E-state index is 0. The Balaban J connectivity index is 0.00000300. The van der Waals surface area contributed by atoms with E-state index in [2.05, 4.69) is 59.8 Å². The Bertz CT molecular complexity index is 703. The quantitative estimate of drug-likeness (QED) is 0.237. The molecule has 1 saturated heterocycles. The number of guanidine groups is 1. The third-order valence-electron chi connectivity index (χ3n) is 4.98. The van der Waals surface area contributed by atoms with Gasteiger partial charge in [0, 0.05) is 69.5 Å². The van der Waals surface area contributed by atoms with E-state index in [1.54, 1.807) is 0 Å². The van der Waals surface area contributed by atoms with Crippen molar-refractivity contribution >= 4 is 47.2 Å². The van der Waals surface area contributed by atoms with Crippen LogP contribution in [0.2, 0.25) is 0 Å². The van der Waals surface area contributed by atoms with E-state index in [0.29, 0.717) is 5.92 Å². The smallest absolute Gasteiger partial charge is 0.225 e. The van der Waals surface area contributed by atoms with Gasteiger partial charge in [0.2, 0.25) is 5.95 Å². The summed E-state index contributed by atoms with van der Waals surface area (Å²) in [6.45, 7) is 9.25. The SMILES string of the molecule is CN=C(NCCCN1CCN(c2ncccn2)CC1)NCC(C)c1cccs1.I. The Labute approximate surface area is 195 Å². The molecule has 1 unspecified atom stereocenters. The fraction of sp³-hybridized carbons (Fsp3) is 0.550. The molecule has 29 heavy (non-hydrogen) atoms. The summed E-state index contributed by atoms with van der Waals surface area (Å²) in [4.78, 5) is 19.2. The number of nitrogens with zero attached hydrogens (tertiary/aromatic N) is 5. The number of aromatic nitrogens is 2. The lowest BCUT2D eigenvalue weighted by molar-refractivity contribution is 0.254. The van der Waals surface area contributed by atoms with Gasteiger partial charge >= 0.3 is 0 Å². The van der Waals surface area contributed by atoms with Crippen LogP contribution in [0, 0.1) is 0 Å². The van der Waals surface area contributed by atoms with Crippen LogP contribution in [0.25, 0.3) is 0 Å². The van der Waals surface area contributed by atoms with Gasteiger partial charge < -0.3 is 15.5 Å². The number of halogens is 1. The van der Waals surface area contributed by atoms with E-state index in [9.17, 15) is 0 Å². The molecule has 2 N–H and O–H groups in total. The maximum atomic E-state index is 4.34. The Kier molecular flexibility index (Phi) is 10.6. The van der Waals surface area contributed by atoms with Gasteiger partial charge in [0.15, 0.2) is 5.96 Å². The Morgan fingerprint density at radius 3 is 2.59 bits per heavy atom. The van der Waals surface area contributed by atoms with Crippen molar-refractivity contribution in [1.82, 2.24) is 25.5 Å². The molecule has 0 amide bonds. The third-order valence-corrected chi connectivity index (χ3v) is 6.08. The lowest BCUT2D eigenvalue weighted by Gasteiger charge is -2.34. The van der Waals surface area contributed by atoms with Gasteiger partial charge in [-0.1, -0.05) is 13.0 Å². The molecular formula is C20H32IN7S. The standard InChI is InChI=1S/C20H31N7S.HI/c1-17(18-6-3-15-28-18)16-25-19(21-2)22-9-5-10-26-11-13-27(14-12-26)20-23-7-4-8-24-20;/h3-4,6-8,15,17H,5,9-14,16H2,1-2H3,(H2,21,22,25);1H. The maximum absolute atomic E-state index is 4.34. The van der Waals surface area contributed by atoms with Crippen LogP contribution < -0.4 is 15.5 Å². The molecule has 1 aliphatic rings. The normalized spacial score (nSPS) is 16.2. The molecule has 2 aromatic heterocycles. The second-order valence-electron chi connectivity index (χ2n) is 7.03. The highest BCUT2D eigenvalue weighted by molar-refractivity contribution is 14.0. The van der Waals surface area contributed by atoms with Crippen LogP contribution in [0.3, 0.4) is 0 Å². The van der Waals surface area contributed by atoms with Crippen LogP contribution in [0.1, 0.15) is 24.1 Å². The predicted molar refractivity (Wildman–Crippen MR) is 133 cm³/mol. The Hall–Kier alpha value is -1.46. The number of hydrogen-bond donors (Lipinski definition) is 2. The molecule has 3 heterocycles. The van der Waals surface area contributed by atoms with E-state index in [1.165, 1.54) is 4.88 Å². The molecule has 1 atom stereocenters. The molecule has 9 heteroatoms. The molecule has 2 aromatic rings. The van der Waals surface area contributed by atoms with Crippen LogP contribution >= 0.6 is 35.3 Å². The first-order valence-corrected chi connectivity index (χ1v) is 10.9. The van der Waals surface area contributed by atoms with E-state index in [1.807, 2.05) is 36.8 Å². The van der Waals surface area contributed by atoms with Crippen molar-refractivity contribution in [1.29, 1.82) is 0 Å². The summed E-state index contributed by atoms with van der Waals surface area (Å²) < 4.78 is 0. The fourth-order valence-corrected chi connectivity index (χ4v) is 4.07. The number of piperazine rings is 1. The van der Waals surface area contributed by atoms with Gasteiger partial charge in [-0.2, -0.15) is 0 Å². The molecule has 0 aromatic carbocycles. The van der Waals surface area contributed by atoms with Crippen molar-refractivity contribution in [2.45, 2.75) is 19.3 Å². The second kappa shape index (κ2) is 13.0. The topological polar surface area (TPSA) is 68.7 Å². The molecule has 1 fully saturated rings. The maximum Gasteiger partial charge on any atom is 0.225 e. The zero-order valence-corrected chi connectivity index (χ0v) is 20.4. The molecule has 0 aliphatic carbocycles. The fourth-order valence-electron chi connectivity index (χ4n) is 3.28. The number of rotatable bonds is 8. The highest BCUT2D eigenvalue weighted by Gasteiger charge is 2.18. The lowest BCUT2D eigenvalue weighted by atomic mass is 10.1. The predicted octanol–water partition coefficient (Wildman–Crippen LogP) is 2.64. The van der Waals surface area contributed by atoms with Crippen molar-refractivity contribution < 1.29 is 0 Å². The molecule has 0 spiro atoms. The van der Waals surface area contributed by atoms with Crippen LogP contribution in [0.15, 0.2) is 41.0 Å². The summed E-state index contributed by atoms with van der Waals surface area (Å²) >= 11 is 1.81. The van der Waals surface area contributed by atoms with Gasteiger partial charge in [0.05, 0.1) is 0 Å². The first kappa shape index (κ1) is 23.8. The summed E-state index contributed by atoms with van der Waals surface area (Å²) in [6, 6.07) is 6.16. The molecule has 0 radical (unpaired) electrons. The zero-order chi connectivity index (χ0) is 19.6. The van der Waals surface area contributed by atoms with E-state index < -0.39 is 0 Å². The highest BCUT2D eigenvalue weighted by atomic mass is 127. The summed E-state index contributed by atoms with van der Waals surface area (Å²) in [5.74, 6) is 2.22. The molecule has 160 valence electrons. The van der Waals surface area contributed by atoms with Crippen molar-refractivity contribution in [3.8, 4) is 0 Å².